The number of ketones is 1. The van der Waals surface area contributed by atoms with Crippen LogP contribution in [0.15, 0.2) is 103 Å². The number of fused-ring (bicyclic) bond motifs is 1. The Morgan fingerprint density at radius 3 is 2.40 bits per heavy atom. The van der Waals surface area contributed by atoms with E-state index in [0.29, 0.717) is 39.0 Å². The Balaban J connectivity index is 1.35. The molecule has 0 spiro atoms. The first-order chi connectivity index (χ1) is 20.4. The number of aryl methyl sites for hydroxylation is 1. The highest BCUT2D eigenvalue weighted by molar-refractivity contribution is 6.30. The van der Waals surface area contributed by atoms with E-state index in [4.69, 9.17) is 11.6 Å². The Kier molecular flexibility index (Phi) is 7.01. The maximum Gasteiger partial charge on any atom is 0.255 e. The number of H-pyrrole nitrogens is 1. The topological polar surface area (TPSA) is 116 Å². The highest BCUT2D eigenvalue weighted by Crippen LogP contribution is 2.30. The molecule has 3 N–H and O–H groups in total. The van der Waals surface area contributed by atoms with E-state index in [-0.39, 0.29) is 22.9 Å². The number of anilines is 3. The molecule has 9 heteroatoms. The minimum atomic E-state index is -0.373. The van der Waals surface area contributed by atoms with Gasteiger partial charge in [0.2, 0.25) is 5.78 Å². The molecule has 42 heavy (non-hydrogen) atoms. The molecule has 0 aliphatic carbocycles. The number of rotatable bonds is 7. The Morgan fingerprint density at radius 1 is 0.905 bits per heavy atom. The second-order valence-corrected chi connectivity index (χ2v) is 10.1. The quantitative estimate of drug-likeness (QED) is 0.173. The molecule has 0 bridgehead atoms. The van der Waals surface area contributed by atoms with E-state index in [1.807, 2.05) is 37.4 Å². The zero-order valence-corrected chi connectivity index (χ0v) is 23.1. The van der Waals surface area contributed by atoms with Gasteiger partial charge in [-0.1, -0.05) is 53.6 Å². The maximum absolute atomic E-state index is 13.5. The summed E-state index contributed by atoms with van der Waals surface area (Å²) in [4.78, 5) is 29.6. The first-order valence-corrected chi connectivity index (χ1v) is 13.4. The second-order valence-electron chi connectivity index (χ2n) is 9.71. The number of nitrogens with one attached hydrogen (secondary N) is 3. The minimum Gasteiger partial charge on any atom is -0.361 e. The maximum atomic E-state index is 13.5. The Hall–Kier alpha value is -5.65. The van der Waals surface area contributed by atoms with Crippen LogP contribution in [0.1, 0.15) is 37.5 Å². The van der Waals surface area contributed by atoms with E-state index in [2.05, 4.69) is 26.8 Å². The SMILES string of the molecule is Cc1ccc(C(=O)c2nn(-c3ccc(Cl)cc3)c(Nc3cccc(NC(=O)c4ccc5cc[nH]c5c4)c3)c2C#N)cc1. The number of halogens is 1. The molecule has 2 heterocycles. The summed E-state index contributed by atoms with van der Waals surface area (Å²) in [6.07, 6.45) is 1.82. The number of hydrogen-bond acceptors (Lipinski definition) is 5. The lowest BCUT2D eigenvalue weighted by molar-refractivity contribution is 0.102. The van der Waals surface area contributed by atoms with Gasteiger partial charge in [-0.3, -0.25) is 9.59 Å². The zero-order valence-electron chi connectivity index (χ0n) is 22.4. The largest absolute Gasteiger partial charge is 0.361 e. The number of aromatic nitrogens is 3. The molecule has 2 aromatic heterocycles. The van der Waals surface area contributed by atoms with Gasteiger partial charge in [0.15, 0.2) is 11.5 Å². The fourth-order valence-corrected chi connectivity index (χ4v) is 4.74. The van der Waals surface area contributed by atoms with Crippen molar-refractivity contribution in [3.05, 3.63) is 136 Å². The van der Waals surface area contributed by atoms with Crippen LogP contribution in [-0.4, -0.2) is 26.5 Å². The van der Waals surface area contributed by atoms with Crippen molar-refractivity contribution in [2.24, 2.45) is 0 Å². The third kappa shape index (κ3) is 5.24. The van der Waals surface area contributed by atoms with E-state index in [0.717, 1.165) is 16.5 Å². The minimum absolute atomic E-state index is 0.0166. The first-order valence-electron chi connectivity index (χ1n) is 13.1. The van der Waals surface area contributed by atoms with Gasteiger partial charge in [-0.25, -0.2) is 4.68 Å². The van der Waals surface area contributed by atoms with Crippen LogP contribution in [0.3, 0.4) is 0 Å². The Labute approximate surface area is 246 Å². The molecule has 0 aliphatic heterocycles. The second kappa shape index (κ2) is 11.1. The van der Waals surface area contributed by atoms with Crippen LogP contribution in [0.25, 0.3) is 16.6 Å². The van der Waals surface area contributed by atoms with Crippen molar-refractivity contribution < 1.29 is 9.59 Å². The van der Waals surface area contributed by atoms with Gasteiger partial charge in [0.05, 0.1) is 5.69 Å². The normalized spacial score (nSPS) is 10.8. The lowest BCUT2D eigenvalue weighted by atomic mass is 10.0. The fraction of sp³-hybridized carbons (Fsp3) is 0.0303. The van der Waals surface area contributed by atoms with Gasteiger partial charge < -0.3 is 15.6 Å². The van der Waals surface area contributed by atoms with Gasteiger partial charge in [-0.15, -0.1) is 0 Å². The summed E-state index contributed by atoms with van der Waals surface area (Å²) in [5.41, 5.74) is 4.64. The van der Waals surface area contributed by atoms with Crippen LogP contribution in [0, 0.1) is 18.3 Å². The van der Waals surface area contributed by atoms with Gasteiger partial charge >= 0.3 is 0 Å². The number of amides is 1. The number of nitriles is 1. The van der Waals surface area contributed by atoms with Crippen LogP contribution in [0.5, 0.6) is 0 Å². The summed E-state index contributed by atoms with van der Waals surface area (Å²) >= 11 is 6.11. The number of carbonyl (C=O) groups excluding carboxylic acids is 2. The number of aromatic amines is 1. The number of nitrogens with zero attached hydrogens (tertiary/aromatic N) is 3. The standard InChI is InChI=1S/C33H23ClN6O2/c1-20-5-7-22(8-6-20)31(41)30-28(19-35)32(40(39-30)27-13-11-24(34)12-14-27)37-25-3-2-4-26(18-25)38-33(42)23-10-9-21-15-16-36-29(21)17-23/h2-18,36-37H,1H3,(H,38,42). The van der Waals surface area contributed by atoms with Crippen molar-refractivity contribution in [3.8, 4) is 11.8 Å². The number of hydrogen-bond donors (Lipinski definition) is 3. The van der Waals surface area contributed by atoms with Crippen LogP contribution in [0.4, 0.5) is 17.2 Å². The summed E-state index contributed by atoms with van der Waals surface area (Å²) in [7, 11) is 0. The third-order valence-corrected chi connectivity index (χ3v) is 7.05. The van der Waals surface area contributed by atoms with Gasteiger partial charge in [0, 0.05) is 39.2 Å². The van der Waals surface area contributed by atoms with Crippen molar-refractivity contribution >= 4 is 51.4 Å². The van der Waals surface area contributed by atoms with Crippen molar-refractivity contribution in [3.63, 3.8) is 0 Å². The predicted octanol–water partition coefficient (Wildman–Crippen LogP) is 7.41. The first kappa shape index (κ1) is 26.6. The average Bonchev–Trinajstić information content (AvgIpc) is 3.62. The molecule has 0 aliphatic rings. The predicted molar refractivity (Wildman–Crippen MR) is 164 cm³/mol. The van der Waals surface area contributed by atoms with Gasteiger partial charge in [0.25, 0.3) is 5.91 Å². The van der Waals surface area contributed by atoms with E-state index < -0.39 is 0 Å². The summed E-state index contributed by atoms with van der Waals surface area (Å²) < 4.78 is 1.51. The van der Waals surface area contributed by atoms with E-state index in [1.54, 1.807) is 72.8 Å². The third-order valence-electron chi connectivity index (χ3n) is 6.80. The molecule has 1 amide bonds. The van der Waals surface area contributed by atoms with Gasteiger partial charge in [0.1, 0.15) is 11.6 Å². The van der Waals surface area contributed by atoms with Crippen molar-refractivity contribution in [2.45, 2.75) is 6.92 Å². The molecule has 6 rings (SSSR count). The van der Waals surface area contributed by atoms with Crippen LogP contribution in [-0.2, 0) is 0 Å². The highest BCUT2D eigenvalue weighted by Gasteiger charge is 2.25. The molecule has 0 radical (unpaired) electrons. The number of carbonyl (C=O) groups is 2. The lowest BCUT2D eigenvalue weighted by Crippen LogP contribution is -2.12. The fourth-order valence-electron chi connectivity index (χ4n) is 4.61. The summed E-state index contributed by atoms with van der Waals surface area (Å²) in [5, 5.41) is 22.5. The highest BCUT2D eigenvalue weighted by atomic mass is 35.5. The molecule has 0 unspecified atom stereocenters. The molecule has 204 valence electrons. The molecule has 0 atom stereocenters. The zero-order chi connectivity index (χ0) is 29.2. The van der Waals surface area contributed by atoms with E-state index in [1.165, 1.54) is 4.68 Å². The van der Waals surface area contributed by atoms with Crippen molar-refractivity contribution in [2.75, 3.05) is 10.6 Å². The molecule has 4 aromatic carbocycles. The molecule has 0 saturated carbocycles. The Morgan fingerprint density at radius 2 is 1.64 bits per heavy atom. The monoisotopic (exact) mass is 570 g/mol. The van der Waals surface area contributed by atoms with Gasteiger partial charge in [-0.05, 0) is 73.0 Å². The molecule has 8 nitrogen and oxygen atoms in total. The molecule has 0 fully saturated rings. The van der Waals surface area contributed by atoms with Crippen molar-refractivity contribution in [1.29, 1.82) is 5.26 Å². The van der Waals surface area contributed by atoms with Crippen molar-refractivity contribution in [1.82, 2.24) is 14.8 Å². The van der Waals surface area contributed by atoms with Crippen LogP contribution >= 0.6 is 11.6 Å². The van der Waals surface area contributed by atoms with E-state index >= 15 is 0 Å². The summed E-state index contributed by atoms with van der Waals surface area (Å²) in [6.45, 7) is 1.93. The summed E-state index contributed by atoms with van der Waals surface area (Å²) in [6, 6.07) is 30.6. The van der Waals surface area contributed by atoms with Gasteiger partial charge in [-0.2, -0.15) is 10.4 Å². The lowest BCUT2D eigenvalue weighted by Gasteiger charge is -2.12. The van der Waals surface area contributed by atoms with E-state index in [9.17, 15) is 14.9 Å². The van der Waals surface area contributed by atoms with Crippen LogP contribution < -0.4 is 10.6 Å². The molecular formula is C33H23ClN6O2. The molecule has 6 aromatic rings. The molecular weight excluding hydrogens is 548 g/mol. The summed E-state index contributed by atoms with van der Waals surface area (Å²) in [5.74, 6) is -0.336. The van der Waals surface area contributed by atoms with Crippen LogP contribution in [0.2, 0.25) is 5.02 Å². The average molecular weight is 571 g/mol. The Bertz CT molecular complexity index is 2000. The molecule has 0 saturated heterocycles. The smallest absolute Gasteiger partial charge is 0.255 e. The number of benzene rings is 4.